The van der Waals surface area contributed by atoms with E-state index in [2.05, 4.69) is 6.92 Å². The number of rotatable bonds is 4. The molecule has 0 aromatic carbocycles. The molecule has 1 fully saturated rings. The Morgan fingerprint density at radius 2 is 2.10 bits per heavy atom. The molecule has 1 saturated carbocycles. The normalized spacial score (nSPS) is 22.5. The van der Waals surface area contributed by atoms with Crippen LogP contribution in [-0.4, -0.2) is 34.5 Å². The van der Waals surface area contributed by atoms with Gasteiger partial charge in [-0.2, -0.15) is 0 Å². The molecule has 0 radical (unpaired) electrons. The van der Waals surface area contributed by atoms with Gasteiger partial charge in [-0.05, 0) is 25.7 Å². The van der Waals surface area contributed by atoms with Crippen molar-refractivity contribution in [2.45, 2.75) is 45.6 Å². The Bertz CT molecular complexity index is 494. The van der Waals surface area contributed by atoms with E-state index in [1.807, 2.05) is 11.8 Å². The summed E-state index contributed by atoms with van der Waals surface area (Å²) in [5.41, 5.74) is 0.0149. The summed E-state index contributed by atoms with van der Waals surface area (Å²) in [6.07, 6.45) is 5.61. The van der Waals surface area contributed by atoms with Crippen molar-refractivity contribution in [3.63, 3.8) is 0 Å². The number of carbonyl (C=O) groups excluding carboxylic acids is 1. The Labute approximate surface area is 118 Å². The molecular formula is C15H21NO4. The highest BCUT2D eigenvalue weighted by Gasteiger charge is 2.31. The number of hydrogen-bond acceptors (Lipinski definition) is 3. The molecule has 2 rings (SSSR count). The monoisotopic (exact) mass is 279 g/mol. The zero-order valence-corrected chi connectivity index (χ0v) is 12.0. The van der Waals surface area contributed by atoms with Gasteiger partial charge in [0.2, 0.25) is 0 Å². The van der Waals surface area contributed by atoms with Gasteiger partial charge in [-0.25, -0.2) is 4.79 Å². The van der Waals surface area contributed by atoms with Gasteiger partial charge in [-0.1, -0.05) is 19.8 Å². The molecule has 1 aliphatic rings. The van der Waals surface area contributed by atoms with E-state index < -0.39 is 5.97 Å². The zero-order valence-electron chi connectivity index (χ0n) is 12.0. The minimum absolute atomic E-state index is 0.0149. The van der Waals surface area contributed by atoms with Gasteiger partial charge in [0, 0.05) is 18.7 Å². The van der Waals surface area contributed by atoms with Crippen LogP contribution in [0.15, 0.2) is 16.7 Å². The molecule has 5 heteroatoms. The molecule has 5 nitrogen and oxygen atoms in total. The lowest BCUT2D eigenvalue weighted by molar-refractivity contribution is 0.0538. The van der Waals surface area contributed by atoms with Crippen molar-refractivity contribution in [1.82, 2.24) is 4.90 Å². The van der Waals surface area contributed by atoms with Crippen LogP contribution in [0.5, 0.6) is 0 Å². The third kappa shape index (κ3) is 2.86. The number of hydrogen-bond donors (Lipinski definition) is 1. The van der Waals surface area contributed by atoms with Crippen molar-refractivity contribution < 1.29 is 19.1 Å². The molecule has 0 spiro atoms. The molecule has 110 valence electrons. The topological polar surface area (TPSA) is 70.8 Å². The van der Waals surface area contributed by atoms with Crippen molar-refractivity contribution in [1.29, 1.82) is 0 Å². The highest BCUT2D eigenvalue weighted by Crippen LogP contribution is 2.29. The number of furan rings is 1. The van der Waals surface area contributed by atoms with Gasteiger partial charge in [-0.3, -0.25) is 4.79 Å². The molecular weight excluding hydrogens is 258 g/mol. The molecule has 1 N–H and O–H groups in total. The number of carbonyl (C=O) groups is 2. The Balaban J connectivity index is 2.17. The molecule has 2 unspecified atom stereocenters. The summed E-state index contributed by atoms with van der Waals surface area (Å²) in [4.78, 5) is 25.2. The van der Waals surface area contributed by atoms with Crippen LogP contribution < -0.4 is 0 Å². The average molecular weight is 279 g/mol. The van der Waals surface area contributed by atoms with E-state index in [4.69, 9.17) is 9.52 Å². The van der Waals surface area contributed by atoms with Gasteiger partial charge in [0.15, 0.2) is 5.76 Å². The third-order valence-corrected chi connectivity index (χ3v) is 4.13. The fraction of sp³-hybridized carbons (Fsp3) is 0.600. The first-order chi connectivity index (χ1) is 9.54. The highest BCUT2D eigenvalue weighted by atomic mass is 16.4. The summed E-state index contributed by atoms with van der Waals surface area (Å²) in [7, 11) is 0. The second kappa shape index (κ2) is 6.11. The average Bonchev–Trinajstić information content (AvgIpc) is 2.91. The highest BCUT2D eigenvalue weighted by molar-refractivity contribution is 5.95. The first-order valence-electron chi connectivity index (χ1n) is 7.17. The summed E-state index contributed by atoms with van der Waals surface area (Å²) in [5.74, 6) is -0.704. The van der Waals surface area contributed by atoms with Crippen LogP contribution in [-0.2, 0) is 0 Å². The van der Waals surface area contributed by atoms with Crippen molar-refractivity contribution in [3.05, 3.63) is 23.7 Å². The Morgan fingerprint density at radius 1 is 1.40 bits per heavy atom. The van der Waals surface area contributed by atoms with Crippen molar-refractivity contribution >= 4 is 11.9 Å². The SMILES string of the molecule is CCN(C(=O)c1cc(C(=O)O)co1)C1CCCCC1C. The number of aromatic carboxylic acids is 1. The lowest BCUT2D eigenvalue weighted by atomic mass is 9.84. The largest absolute Gasteiger partial charge is 0.478 e. The quantitative estimate of drug-likeness (QED) is 0.919. The summed E-state index contributed by atoms with van der Waals surface area (Å²) in [6, 6.07) is 1.53. The van der Waals surface area contributed by atoms with E-state index in [9.17, 15) is 9.59 Å². The van der Waals surface area contributed by atoms with Gasteiger partial charge in [-0.15, -0.1) is 0 Å². The van der Waals surface area contributed by atoms with Gasteiger partial charge in [0.1, 0.15) is 6.26 Å². The predicted octanol–water partition coefficient (Wildman–Crippen LogP) is 3.02. The smallest absolute Gasteiger partial charge is 0.338 e. The van der Waals surface area contributed by atoms with Gasteiger partial charge < -0.3 is 14.4 Å². The van der Waals surface area contributed by atoms with Crippen molar-refractivity contribution in [2.75, 3.05) is 6.54 Å². The fourth-order valence-electron chi connectivity index (χ4n) is 2.99. The van der Waals surface area contributed by atoms with Crippen LogP contribution in [0.25, 0.3) is 0 Å². The van der Waals surface area contributed by atoms with Crippen LogP contribution >= 0.6 is 0 Å². The van der Waals surface area contributed by atoms with Gasteiger partial charge in [0.25, 0.3) is 5.91 Å². The van der Waals surface area contributed by atoms with Crippen LogP contribution in [0.4, 0.5) is 0 Å². The van der Waals surface area contributed by atoms with E-state index in [1.54, 1.807) is 0 Å². The van der Waals surface area contributed by atoms with Gasteiger partial charge >= 0.3 is 5.97 Å². The maximum absolute atomic E-state index is 12.5. The lowest BCUT2D eigenvalue weighted by Crippen LogP contribution is -2.45. The van der Waals surface area contributed by atoms with Crippen LogP contribution in [0.2, 0.25) is 0 Å². The first-order valence-corrected chi connectivity index (χ1v) is 7.17. The van der Waals surface area contributed by atoms with E-state index >= 15 is 0 Å². The Kier molecular flexibility index (Phi) is 4.47. The summed E-state index contributed by atoms with van der Waals surface area (Å²) in [5, 5.41) is 8.88. The van der Waals surface area contributed by atoms with Crippen molar-refractivity contribution in [3.8, 4) is 0 Å². The molecule has 1 amide bonds. The zero-order chi connectivity index (χ0) is 14.7. The maximum atomic E-state index is 12.5. The molecule has 0 bridgehead atoms. The van der Waals surface area contributed by atoms with E-state index in [1.165, 1.54) is 12.5 Å². The van der Waals surface area contributed by atoms with Crippen LogP contribution in [0, 0.1) is 5.92 Å². The standard InChI is InChI=1S/C15H21NO4/c1-3-16(12-7-5-4-6-10(12)2)14(17)13-8-11(9-20-13)15(18)19/h8-10,12H,3-7H2,1-2H3,(H,18,19). The molecule has 20 heavy (non-hydrogen) atoms. The summed E-state index contributed by atoms with van der Waals surface area (Å²) in [6.45, 7) is 4.72. The minimum Gasteiger partial charge on any atom is -0.478 e. The van der Waals surface area contributed by atoms with Crippen molar-refractivity contribution in [2.24, 2.45) is 5.92 Å². The molecule has 0 saturated heterocycles. The molecule has 1 aromatic rings. The second-order valence-corrected chi connectivity index (χ2v) is 5.43. The number of amides is 1. The van der Waals surface area contributed by atoms with E-state index in [-0.39, 0.29) is 23.3 Å². The fourth-order valence-corrected chi connectivity index (χ4v) is 2.99. The molecule has 1 aromatic heterocycles. The molecule has 0 aliphatic heterocycles. The summed E-state index contributed by atoms with van der Waals surface area (Å²) < 4.78 is 5.12. The third-order valence-electron chi connectivity index (χ3n) is 4.13. The second-order valence-electron chi connectivity index (χ2n) is 5.43. The lowest BCUT2D eigenvalue weighted by Gasteiger charge is -2.37. The molecule has 1 heterocycles. The van der Waals surface area contributed by atoms with Crippen LogP contribution in [0.1, 0.15) is 60.4 Å². The van der Waals surface area contributed by atoms with Gasteiger partial charge in [0.05, 0.1) is 5.56 Å². The number of nitrogens with zero attached hydrogens (tertiary/aromatic N) is 1. The predicted molar refractivity (Wildman–Crippen MR) is 73.8 cm³/mol. The van der Waals surface area contributed by atoms with Crippen LogP contribution in [0.3, 0.4) is 0 Å². The Morgan fingerprint density at radius 3 is 2.65 bits per heavy atom. The number of carboxylic acid groups (broad SMARTS) is 1. The first kappa shape index (κ1) is 14.6. The minimum atomic E-state index is -1.08. The molecule has 2 atom stereocenters. The van der Waals surface area contributed by atoms with E-state index in [0.717, 1.165) is 25.5 Å². The summed E-state index contributed by atoms with van der Waals surface area (Å²) >= 11 is 0. The molecule has 1 aliphatic carbocycles. The van der Waals surface area contributed by atoms with E-state index in [0.29, 0.717) is 12.5 Å². The number of carboxylic acids is 1. The Hall–Kier alpha value is -1.78. The maximum Gasteiger partial charge on any atom is 0.338 e.